The number of aryl methyl sites for hydroxylation is 1. The highest BCUT2D eigenvalue weighted by atomic mass is 32.1. The van der Waals surface area contributed by atoms with Gasteiger partial charge in [-0.2, -0.15) is 0 Å². The van der Waals surface area contributed by atoms with Crippen LogP contribution >= 0.6 is 11.3 Å². The van der Waals surface area contributed by atoms with Gasteiger partial charge in [-0.05, 0) is 54.5 Å². The van der Waals surface area contributed by atoms with Crippen molar-refractivity contribution in [1.29, 1.82) is 0 Å². The molecule has 3 aromatic rings. The molecule has 5 rings (SSSR count). The van der Waals surface area contributed by atoms with Crippen molar-refractivity contribution in [2.24, 2.45) is 0 Å². The smallest absolute Gasteiger partial charge is 0.352 e. The highest BCUT2D eigenvalue weighted by Crippen LogP contribution is 2.45. The number of aromatic nitrogens is 1. The minimum Gasteiger partial charge on any atom is -0.493 e. The van der Waals surface area contributed by atoms with E-state index in [9.17, 15) is 9.90 Å². The topological polar surface area (TPSA) is 69.9 Å². The fourth-order valence-electron chi connectivity index (χ4n) is 4.33. The zero-order valence-corrected chi connectivity index (χ0v) is 17.5. The summed E-state index contributed by atoms with van der Waals surface area (Å²) in [6, 6.07) is 9.80. The first-order valence-corrected chi connectivity index (χ1v) is 11.0. The summed E-state index contributed by atoms with van der Waals surface area (Å²) < 4.78 is 19.4. The fraction of sp³-hybridized carbons (Fsp3) is 0.348. The molecule has 156 valence electrons. The molecule has 0 radical (unpaired) electrons. The molecule has 0 spiro atoms. The van der Waals surface area contributed by atoms with Crippen molar-refractivity contribution in [1.82, 2.24) is 4.57 Å². The monoisotopic (exact) mass is 425 g/mol. The number of ether oxygens (including phenoxy) is 3. The molecule has 1 saturated heterocycles. The molecule has 0 amide bonds. The van der Waals surface area contributed by atoms with Crippen LogP contribution in [-0.4, -0.2) is 35.6 Å². The number of carboxylic acid groups (broad SMARTS) is 1. The van der Waals surface area contributed by atoms with Gasteiger partial charge in [0.25, 0.3) is 0 Å². The van der Waals surface area contributed by atoms with Gasteiger partial charge in [0.05, 0.1) is 19.4 Å². The van der Waals surface area contributed by atoms with Gasteiger partial charge >= 0.3 is 5.97 Å². The second-order valence-corrected chi connectivity index (χ2v) is 8.50. The SMILES string of the molecule is COc1cc2c(cc1OC1CCCCO1)-c1c(-c3cccs3)cc(C(=O)O)n1CC2. The van der Waals surface area contributed by atoms with Crippen LogP contribution < -0.4 is 9.47 Å². The molecule has 0 bridgehead atoms. The summed E-state index contributed by atoms with van der Waals surface area (Å²) in [6.07, 6.45) is 3.42. The normalized spacial score (nSPS) is 17.8. The molecule has 2 aliphatic heterocycles. The van der Waals surface area contributed by atoms with Crippen molar-refractivity contribution in [2.75, 3.05) is 13.7 Å². The number of fused-ring (bicyclic) bond motifs is 3. The van der Waals surface area contributed by atoms with Crippen molar-refractivity contribution in [3.63, 3.8) is 0 Å². The van der Waals surface area contributed by atoms with Crippen molar-refractivity contribution in [3.05, 3.63) is 47.0 Å². The Balaban J connectivity index is 1.65. The third-order valence-corrected chi connectivity index (χ3v) is 6.65. The van der Waals surface area contributed by atoms with Gasteiger partial charge in [-0.1, -0.05) is 6.07 Å². The van der Waals surface area contributed by atoms with E-state index in [0.29, 0.717) is 30.3 Å². The first kappa shape index (κ1) is 19.2. The van der Waals surface area contributed by atoms with E-state index in [0.717, 1.165) is 52.9 Å². The summed E-state index contributed by atoms with van der Waals surface area (Å²) >= 11 is 1.61. The third-order valence-electron chi connectivity index (χ3n) is 5.75. The average Bonchev–Trinajstić information content (AvgIpc) is 3.42. The Hall–Kier alpha value is -2.77. The van der Waals surface area contributed by atoms with Crippen molar-refractivity contribution >= 4 is 17.3 Å². The molecule has 0 saturated carbocycles. The van der Waals surface area contributed by atoms with E-state index in [1.807, 2.05) is 34.2 Å². The second-order valence-electron chi connectivity index (χ2n) is 7.55. The maximum absolute atomic E-state index is 11.9. The number of hydrogen-bond acceptors (Lipinski definition) is 5. The van der Waals surface area contributed by atoms with E-state index in [1.165, 1.54) is 0 Å². The first-order valence-electron chi connectivity index (χ1n) is 10.2. The number of benzene rings is 1. The number of nitrogens with zero attached hydrogens (tertiary/aromatic N) is 1. The maximum Gasteiger partial charge on any atom is 0.352 e. The summed E-state index contributed by atoms with van der Waals surface area (Å²) in [5.74, 6) is 0.397. The molecule has 4 heterocycles. The van der Waals surface area contributed by atoms with Gasteiger partial charge in [0, 0.05) is 29.0 Å². The van der Waals surface area contributed by atoms with Crippen molar-refractivity contribution in [2.45, 2.75) is 38.5 Å². The molecule has 30 heavy (non-hydrogen) atoms. The van der Waals surface area contributed by atoms with Crippen LogP contribution in [0.25, 0.3) is 21.7 Å². The van der Waals surface area contributed by atoms with E-state index in [4.69, 9.17) is 14.2 Å². The highest BCUT2D eigenvalue weighted by Gasteiger charge is 2.29. The van der Waals surface area contributed by atoms with Gasteiger partial charge in [0.1, 0.15) is 5.69 Å². The molecule has 1 N–H and O–H groups in total. The Bertz CT molecular complexity index is 1080. The summed E-state index contributed by atoms with van der Waals surface area (Å²) in [4.78, 5) is 13.0. The standard InChI is InChI=1S/C23H23NO5S/c1-27-18-11-14-7-8-24-17(23(25)26)12-16(20-5-4-10-30-20)22(24)15(14)13-19(18)29-21-6-2-3-9-28-21/h4-5,10-13,21H,2-3,6-9H2,1H3,(H,25,26). The zero-order chi connectivity index (χ0) is 20.7. The molecule has 1 aromatic carbocycles. The average molecular weight is 426 g/mol. The van der Waals surface area contributed by atoms with Crippen LogP contribution in [0.2, 0.25) is 0 Å². The number of carbonyl (C=O) groups is 1. The Morgan fingerprint density at radius 3 is 2.83 bits per heavy atom. The minimum absolute atomic E-state index is 0.285. The van der Waals surface area contributed by atoms with Crippen LogP contribution in [0.15, 0.2) is 35.7 Å². The van der Waals surface area contributed by atoms with Crippen molar-refractivity contribution < 1.29 is 24.1 Å². The van der Waals surface area contributed by atoms with Crippen LogP contribution in [0.4, 0.5) is 0 Å². The molecule has 1 fully saturated rings. The van der Waals surface area contributed by atoms with Crippen LogP contribution in [0.5, 0.6) is 11.5 Å². The third kappa shape index (κ3) is 3.28. The second kappa shape index (κ2) is 7.81. The lowest BCUT2D eigenvalue weighted by atomic mass is 9.95. The Kier molecular flexibility index (Phi) is 5.00. The number of methoxy groups -OCH3 is 1. The number of hydrogen-bond donors (Lipinski definition) is 1. The number of carboxylic acids is 1. The van der Waals surface area contributed by atoms with Gasteiger partial charge in [-0.3, -0.25) is 0 Å². The molecule has 0 aliphatic carbocycles. The number of aromatic carboxylic acids is 1. The molecule has 2 aliphatic rings. The van der Waals surface area contributed by atoms with Crippen LogP contribution in [-0.2, 0) is 17.7 Å². The fourth-order valence-corrected chi connectivity index (χ4v) is 5.07. The molecule has 7 heteroatoms. The molecule has 6 nitrogen and oxygen atoms in total. The van der Waals surface area contributed by atoms with Crippen molar-refractivity contribution in [3.8, 4) is 33.2 Å². The van der Waals surface area contributed by atoms with Gasteiger partial charge in [-0.25, -0.2) is 4.79 Å². The van der Waals surface area contributed by atoms with Crippen LogP contribution in [0, 0.1) is 0 Å². The highest BCUT2D eigenvalue weighted by molar-refractivity contribution is 7.13. The first-order chi connectivity index (χ1) is 14.7. The Morgan fingerprint density at radius 2 is 2.13 bits per heavy atom. The predicted molar refractivity (Wildman–Crippen MR) is 115 cm³/mol. The van der Waals surface area contributed by atoms with Gasteiger partial charge < -0.3 is 23.9 Å². The summed E-state index contributed by atoms with van der Waals surface area (Å²) in [7, 11) is 1.64. The molecular weight excluding hydrogens is 402 g/mol. The zero-order valence-electron chi connectivity index (χ0n) is 16.7. The van der Waals surface area contributed by atoms with E-state index >= 15 is 0 Å². The van der Waals surface area contributed by atoms with Gasteiger partial charge in [0.2, 0.25) is 0 Å². The van der Waals surface area contributed by atoms with E-state index in [-0.39, 0.29) is 6.29 Å². The minimum atomic E-state index is -0.914. The largest absolute Gasteiger partial charge is 0.493 e. The molecule has 1 atom stereocenters. The van der Waals surface area contributed by atoms with Gasteiger partial charge in [-0.15, -0.1) is 11.3 Å². The molecule has 2 aromatic heterocycles. The molecular formula is C23H23NO5S. The lowest BCUT2D eigenvalue weighted by molar-refractivity contribution is -0.106. The summed E-state index contributed by atoms with van der Waals surface area (Å²) in [5, 5.41) is 11.8. The Morgan fingerprint density at radius 1 is 1.23 bits per heavy atom. The maximum atomic E-state index is 11.9. The summed E-state index contributed by atoms with van der Waals surface area (Å²) in [5.41, 5.74) is 4.29. The lowest BCUT2D eigenvalue weighted by Gasteiger charge is -2.27. The quantitative estimate of drug-likeness (QED) is 0.619. The van der Waals surface area contributed by atoms with E-state index < -0.39 is 5.97 Å². The number of rotatable bonds is 5. The van der Waals surface area contributed by atoms with E-state index in [2.05, 4.69) is 0 Å². The van der Waals surface area contributed by atoms with E-state index in [1.54, 1.807) is 24.5 Å². The van der Waals surface area contributed by atoms with Gasteiger partial charge in [0.15, 0.2) is 17.8 Å². The van der Waals surface area contributed by atoms with Crippen LogP contribution in [0.3, 0.4) is 0 Å². The van der Waals surface area contributed by atoms with Crippen LogP contribution in [0.1, 0.15) is 35.3 Å². The summed E-state index contributed by atoms with van der Waals surface area (Å²) in [6.45, 7) is 1.32. The lowest BCUT2D eigenvalue weighted by Crippen LogP contribution is -2.25. The number of thiophene rings is 1. The Labute approximate surface area is 178 Å². The predicted octanol–water partition coefficient (Wildman–Crippen LogP) is 5.05. The molecule has 1 unspecified atom stereocenters.